The van der Waals surface area contributed by atoms with Crippen LogP contribution >= 0.6 is 0 Å². The Kier molecular flexibility index (Phi) is 5.55. The first kappa shape index (κ1) is 21.4. The highest BCUT2D eigenvalue weighted by atomic mass is 16.5. The molecule has 8 heteroatoms. The van der Waals surface area contributed by atoms with Crippen molar-refractivity contribution < 1.29 is 9.53 Å². The summed E-state index contributed by atoms with van der Waals surface area (Å²) in [4.78, 5) is 39.6. The Morgan fingerprint density at radius 3 is 2.35 bits per heavy atom. The van der Waals surface area contributed by atoms with Crippen LogP contribution in [-0.2, 0) is 13.1 Å². The molecule has 34 heavy (non-hydrogen) atoms. The lowest BCUT2D eigenvalue weighted by Gasteiger charge is -2.09. The van der Waals surface area contributed by atoms with E-state index in [2.05, 4.69) is 5.10 Å². The fourth-order valence-electron chi connectivity index (χ4n) is 4.01. The van der Waals surface area contributed by atoms with Gasteiger partial charge in [-0.25, -0.2) is 13.9 Å². The Morgan fingerprint density at radius 1 is 0.912 bits per heavy atom. The van der Waals surface area contributed by atoms with Crippen LogP contribution in [0.1, 0.15) is 22.8 Å². The van der Waals surface area contributed by atoms with E-state index in [4.69, 9.17) is 4.74 Å². The van der Waals surface area contributed by atoms with Gasteiger partial charge in [-0.05, 0) is 48.9 Å². The Morgan fingerprint density at radius 2 is 1.62 bits per heavy atom. The van der Waals surface area contributed by atoms with Gasteiger partial charge in [0.05, 0.1) is 24.1 Å². The zero-order valence-corrected chi connectivity index (χ0v) is 18.5. The monoisotopic (exact) mass is 454 g/mol. The molecule has 0 saturated carbocycles. The third-order valence-electron chi connectivity index (χ3n) is 5.65. The second-order valence-corrected chi connectivity index (χ2v) is 7.85. The first-order valence-corrected chi connectivity index (χ1v) is 11.0. The fraction of sp³-hybridized carbons (Fsp3) is 0.154. The van der Waals surface area contributed by atoms with Gasteiger partial charge in [0.25, 0.3) is 5.56 Å². The molecule has 0 saturated heterocycles. The van der Waals surface area contributed by atoms with Gasteiger partial charge in [0.15, 0.2) is 5.78 Å². The Balaban J connectivity index is 1.61. The molecule has 0 atom stereocenters. The molecule has 0 aliphatic carbocycles. The number of benzene rings is 3. The maximum absolute atomic E-state index is 13.3. The molecule has 0 aliphatic rings. The van der Waals surface area contributed by atoms with Crippen LogP contribution in [0, 0.1) is 0 Å². The fourth-order valence-corrected chi connectivity index (χ4v) is 4.01. The Hall–Kier alpha value is -4.46. The quantitative estimate of drug-likeness (QED) is 0.353. The van der Waals surface area contributed by atoms with E-state index in [-0.39, 0.29) is 30.2 Å². The molecule has 0 radical (unpaired) electrons. The molecule has 0 amide bonds. The van der Waals surface area contributed by atoms with Crippen LogP contribution < -0.4 is 16.0 Å². The highest BCUT2D eigenvalue weighted by Gasteiger charge is 2.19. The molecular weight excluding hydrogens is 432 g/mol. The van der Waals surface area contributed by atoms with Crippen molar-refractivity contribution in [3.8, 4) is 5.75 Å². The number of rotatable bonds is 7. The molecule has 170 valence electrons. The number of hydrogen-bond acceptors (Lipinski definition) is 5. The van der Waals surface area contributed by atoms with Gasteiger partial charge in [-0.2, -0.15) is 0 Å². The van der Waals surface area contributed by atoms with E-state index in [1.165, 1.54) is 8.97 Å². The molecule has 2 heterocycles. The highest BCUT2D eigenvalue weighted by molar-refractivity contribution is 5.96. The zero-order valence-electron chi connectivity index (χ0n) is 18.5. The summed E-state index contributed by atoms with van der Waals surface area (Å²) < 4.78 is 9.39. The van der Waals surface area contributed by atoms with E-state index in [1.54, 1.807) is 48.5 Å². The Bertz CT molecular complexity index is 1610. The van der Waals surface area contributed by atoms with Gasteiger partial charge in [0.1, 0.15) is 12.3 Å². The number of carbonyl (C=O) groups is 1. The number of ketones is 1. The van der Waals surface area contributed by atoms with E-state index >= 15 is 0 Å². The minimum atomic E-state index is -0.479. The third kappa shape index (κ3) is 3.79. The van der Waals surface area contributed by atoms with E-state index < -0.39 is 5.69 Å². The van der Waals surface area contributed by atoms with Crippen molar-refractivity contribution in [3.63, 3.8) is 0 Å². The highest BCUT2D eigenvalue weighted by Crippen LogP contribution is 2.14. The van der Waals surface area contributed by atoms with Crippen LogP contribution in [0.3, 0.4) is 0 Å². The van der Waals surface area contributed by atoms with Gasteiger partial charge < -0.3 is 4.74 Å². The topological polar surface area (TPSA) is 87.6 Å². The van der Waals surface area contributed by atoms with Gasteiger partial charge in [0, 0.05) is 5.56 Å². The standard InChI is InChI=1S/C26H22N4O4/c1-2-34-20-14-12-19(13-15-20)23(31)17-29-26(33)30-22-11-7-6-10-21(22)24(32)28(25(30)27-29)16-18-8-4-3-5-9-18/h3-15H,2,16-17H2,1H3. The summed E-state index contributed by atoms with van der Waals surface area (Å²) >= 11 is 0. The lowest BCUT2D eigenvalue weighted by molar-refractivity contribution is 0.0966. The molecule has 0 fully saturated rings. The summed E-state index contributed by atoms with van der Waals surface area (Å²) in [5.41, 5.74) is 1.07. The van der Waals surface area contributed by atoms with Crippen LogP contribution in [0.25, 0.3) is 16.7 Å². The van der Waals surface area contributed by atoms with Crippen molar-refractivity contribution in [3.05, 3.63) is 111 Å². The second kappa shape index (κ2) is 8.82. The number of hydrogen-bond donors (Lipinski definition) is 0. The summed E-state index contributed by atoms with van der Waals surface area (Å²) in [6.45, 7) is 2.41. The molecule has 2 aromatic heterocycles. The summed E-state index contributed by atoms with van der Waals surface area (Å²) in [6, 6.07) is 23.2. The van der Waals surface area contributed by atoms with Crippen molar-refractivity contribution in [2.24, 2.45) is 0 Å². The first-order valence-electron chi connectivity index (χ1n) is 11.0. The maximum Gasteiger partial charge on any atom is 0.352 e. The molecule has 5 aromatic rings. The average molecular weight is 454 g/mol. The Labute approximate surface area is 194 Å². The van der Waals surface area contributed by atoms with E-state index in [9.17, 15) is 14.4 Å². The first-order chi connectivity index (χ1) is 16.6. The number of Topliss-reactive ketones (excluding diaryl/α,β-unsaturated/α-hetero) is 1. The van der Waals surface area contributed by atoms with E-state index in [1.807, 2.05) is 37.3 Å². The summed E-state index contributed by atoms with van der Waals surface area (Å²) in [6.07, 6.45) is 0. The number of para-hydroxylation sites is 1. The number of aromatic nitrogens is 4. The SMILES string of the molecule is CCOc1ccc(C(=O)Cn2nc3n(Cc4ccccc4)c(=O)c4ccccc4n3c2=O)cc1. The molecule has 5 rings (SSSR count). The number of carbonyl (C=O) groups excluding carboxylic acids is 1. The van der Waals surface area contributed by atoms with Gasteiger partial charge in [0.2, 0.25) is 5.78 Å². The number of ether oxygens (including phenoxy) is 1. The minimum Gasteiger partial charge on any atom is -0.494 e. The minimum absolute atomic E-state index is 0.192. The van der Waals surface area contributed by atoms with Gasteiger partial charge >= 0.3 is 5.69 Å². The lowest BCUT2D eigenvalue weighted by atomic mass is 10.1. The molecule has 8 nitrogen and oxygen atoms in total. The average Bonchev–Trinajstić information content (AvgIpc) is 3.18. The molecule has 0 aliphatic heterocycles. The molecule has 0 spiro atoms. The van der Waals surface area contributed by atoms with Crippen LogP contribution in [0.15, 0.2) is 88.5 Å². The van der Waals surface area contributed by atoms with Gasteiger partial charge in [-0.3, -0.25) is 14.2 Å². The number of nitrogens with zero attached hydrogens (tertiary/aromatic N) is 4. The van der Waals surface area contributed by atoms with Crippen molar-refractivity contribution in [1.82, 2.24) is 18.7 Å². The largest absolute Gasteiger partial charge is 0.494 e. The molecule has 3 aromatic carbocycles. The van der Waals surface area contributed by atoms with Crippen molar-refractivity contribution in [2.45, 2.75) is 20.0 Å². The number of fused-ring (bicyclic) bond motifs is 3. The second-order valence-electron chi connectivity index (χ2n) is 7.85. The van der Waals surface area contributed by atoms with Gasteiger partial charge in [-0.15, -0.1) is 5.10 Å². The smallest absolute Gasteiger partial charge is 0.352 e. The third-order valence-corrected chi connectivity index (χ3v) is 5.65. The zero-order chi connectivity index (χ0) is 23.7. The van der Waals surface area contributed by atoms with Gasteiger partial charge in [-0.1, -0.05) is 42.5 Å². The van der Waals surface area contributed by atoms with Crippen molar-refractivity contribution in [2.75, 3.05) is 6.61 Å². The molecular formula is C26H22N4O4. The summed E-state index contributed by atoms with van der Waals surface area (Å²) in [5.74, 6) is 0.590. The lowest BCUT2D eigenvalue weighted by Crippen LogP contribution is -2.27. The summed E-state index contributed by atoms with van der Waals surface area (Å²) in [5, 5.41) is 4.82. The maximum atomic E-state index is 13.3. The molecule has 0 bridgehead atoms. The van der Waals surface area contributed by atoms with Crippen LogP contribution in [0.2, 0.25) is 0 Å². The summed E-state index contributed by atoms with van der Waals surface area (Å²) in [7, 11) is 0. The molecule has 0 unspecified atom stereocenters. The van der Waals surface area contributed by atoms with Crippen molar-refractivity contribution >= 4 is 22.5 Å². The normalized spacial score (nSPS) is 11.2. The van der Waals surface area contributed by atoms with Crippen LogP contribution in [-0.4, -0.2) is 31.1 Å². The van der Waals surface area contributed by atoms with Crippen LogP contribution in [0.4, 0.5) is 0 Å². The predicted molar refractivity (Wildman–Crippen MR) is 129 cm³/mol. The molecule has 0 N–H and O–H groups in total. The predicted octanol–water partition coefficient (Wildman–Crippen LogP) is 3.14. The van der Waals surface area contributed by atoms with E-state index in [0.29, 0.717) is 28.8 Å². The van der Waals surface area contributed by atoms with Crippen LogP contribution in [0.5, 0.6) is 5.75 Å². The van der Waals surface area contributed by atoms with E-state index in [0.717, 1.165) is 10.2 Å². The van der Waals surface area contributed by atoms with Crippen molar-refractivity contribution in [1.29, 1.82) is 0 Å².